The molecular formula is C11H16N2O3. The van der Waals surface area contributed by atoms with Crippen molar-refractivity contribution in [1.82, 2.24) is 9.97 Å². The third-order valence-electron chi connectivity index (χ3n) is 1.89. The summed E-state index contributed by atoms with van der Waals surface area (Å²) in [5, 5.41) is 0. The van der Waals surface area contributed by atoms with Crippen molar-refractivity contribution in [2.75, 3.05) is 13.2 Å². The number of nitrogens with zero attached hydrogens (tertiary/aromatic N) is 2. The van der Waals surface area contributed by atoms with E-state index < -0.39 is 5.97 Å². The molecule has 16 heavy (non-hydrogen) atoms. The quantitative estimate of drug-likeness (QED) is 0.713. The molecule has 0 aliphatic heterocycles. The highest BCUT2D eigenvalue weighted by atomic mass is 16.5. The maximum absolute atomic E-state index is 11.4. The summed E-state index contributed by atoms with van der Waals surface area (Å²) in [6.07, 6.45) is 2.33. The molecule has 0 unspecified atom stereocenters. The van der Waals surface area contributed by atoms with Gasteiger partial charge in [-0.15, -0.1) is 0 Å². The number of aromatic nitrogens is 2. The minimum absolute atomic E-state index is 0.299. The third kappa shape index (κ3) is 3.18. The van der Waals surface area contributed by atoms with Crippen LogP contribution in [0.1, 0.15) is 36.3 Å². The summed E-state index contributed by atoms with van der Waals surface area (Å²) in [5.74, 6) is -0.401. The van der Waals surface area contributed by atoms with Gasteiger partial charge in [0.1, 0.15) is 0 Å². The molecule has 0 radical (unpaired) electrons. The molecule has 0 saturated heterocycles. The van der Waals surface area contributed by atoms with Gasteiger partial charge in [0.15, 0.2) is 0 Å². The van der Waals surface area contributed by atoms with Gasteiger partial charge >= 0.3 is 12.0 Å². The molecule has 1 aromatic heterocycles. The van der Waals surface area contributed by atoms with E-state index in [9.17, 15) is 4.79 Å². The Morgan fingerprint density at radius 3 is 2.75 bits per heavy atom. The van der Waals surface area contributed by atoms with E-state index in [4.69, 9.17) is 9.47 Å². The van der Waals surface area contributed by atoms with E-state index in [2.05, 4.69) is 9.97 Å². The molecule has 1 aromatic rings. The fraction of sp³-hybridized carbons (Fsp3) is 0.545. The Morgan fingerprint density at radius 1 is 1.44 bits per heavy atom. The average molecular weight is 224 g/mol. The summed E-state index contributed by atoms with van der Waals surface area (Å²) >= 11 is 0. The van der Waals surface area contributed by atoms with Gasteiger partial charge < -0.3 is 9.47 Å². The van der Waals surface area contributed by atoms with E-state index in [1.165, 1.54) is 6.20 Å². The highest BCUT2D eigenvalue weighted by Gasteiger charge is 2.12. The SMILES string of the molecule is CCCOc1ncc(C(=O)OCC)c(C)n1. The monoisotopic (exact) mass is 224 g/mol. The molecule has 0 amide bonds. The highest BCUT2D eigenvalue weighted by Crippen LogP contribution is 2.10. The lowest BCUT2D eigenvalue weighted by atomic mass is 10.2. The van der Waals surface area contributed by atoms with E-state index >= 15 is 0 Å². The molecule has 0 aliphatic rings. The first kappa shape index (κ1) is 12.4. The maximum atomic E-state index is 11.4. The van der Waals surface area contributed by atoms with Crippen molar-refractivity contribution < 1.29 is 14.3 Å². The molecule has 0 atom stereocenters. The van der Waals surface area contributed by atoms with E-state index in [0.29, 0.717) is 30.5 Å². The van der Waals surface area contributed by atoms with Crippen LogP contribution in [0, 0.1) is 6.92 Å². The zero-order valence-corrected chi connectivity index (χ0v) is 9.82. The standard InChI is InChI=1S/C11H16N2O3/c1-4-6-16-11-12-7-9(8(3)13-11)10(14)15-5-2/h7H,4-6H2,1-3H3. The summed E-state index contributed by atoms with van der Waals surface area (Å²) in [7, 11) is 0. The second kappa shape index (κ2) is 6.05. The van der Waals surface area contributed by atoms with E-state index in [1.54, 1.807) is 13.8 Å². The molecule has 0 aliphatic carbocycles. The number of carbonyl (C=O) groups excluding carboxylic acids is 1. The van der Waals surface area contributed by atoms with Gasteiger partial charge in [-0.1, -0.05) is 6.92 Å². The van der Waals surface area contributed by atoms with Crippen molar-refractivity contribution in [1.29, 1.82) is 0 Å². The lowest BCUT2D eigenvalue weighted by molar-refractivity contribution is 0.0524. The van der Waals surface area contributed by atoms with Crippen LogP contribution < -0.4 is 4.74 Å². The molecule has 0 fully saturated rings. The Balaban J connectivity index is 2.78. The second-order valence-electron chi connectivity index (χ2n) is 3.22. The summed E-state index contributed by atoms with van der Waals surface area (Å²) < 4.78 is 10.1. The summed E-state index contributed by atoms with van der Waals surface area (Å²) in [6, 6.07) is 0.299. The average Bonchev–Trinajstić information content (AvgIpc) is 2.26. The first-order valence-electron chi connectivity index (χ1n) is 5.32. The molecule has 0 spiro atoms. The van der Waals surface area contributed by atoms with Gasteiger partial charge in [0.25, 0.3) is 0 Å². The first-order chi connectivity index (χ1) is 7.69. The van der Waals surface area contributed by atoms with Gasteiger partial charge in [0, 0.05) is 6.20 Å². The number of esters is 1. The molecule has 5 heteroatoms. The van der Waals surface area contributed by atoms with Crippen LogP contribution in [0.3, 0.4) is 0 Å². The maximum Gasteiger partial charge on any atom is 0.341 e. The van der Waals surface area contributed by atoms with Crippen molar-refractivity contribution in [3.8, 4) is 6.01 Å². The Kier molecular flexibility index (Phi) is 4.69. The van der Waals surface area contributed by atoms with Crippen molar-refractivity contribution in [2.45, 2.75) is 27.2 Å². The zero-order chi connectivity index (χ0) is 12.0. The summed E-state index contributed by atoms with van der Waals surface area (Å²) in [4.78, 5) is 19.5. The topological polar surface area (TPSA) is 61.3 Å². The molecule has 0 aromatic carbocycles. The lowest BCUT2D eigenvalue weighted by Crippen LogP contribution is -2.10. The van der Waals surface area contributed by atoms with Gasteiger partial charge in [-0.25, -0.2) is 9.78 Å². The highest BCUT2D eigenvalue weighted by molar-refractivity contribution is 5.90. The van der Waals surface area contributed by atoms with Crippen LogP contribution in [-0.4, -0.2) is 29.2 Å². The molecular weight excluding hydrogens is 208 g/mol. The fourth-order valence-electron chi connectivity index (χ4n) is 1.12. The normalized spacial score (nSPS) is 9.94. The van der Waals surface area contributed by atoms with Crippen LogP contribution in [0.4, 0.5) is 0 Å². The van der Waals surface area contributed by atoms with Crippen LogP contribution in [-0.2, 0) is 4.74 Å². The van der Waals surface area contributed by atoms with Gasteiger partial charge in [-0.05, 0) is 20.3 Å². The molecule has 1 heterocycles. The van der Waals surface area contributed by atoms with Crippen LogP contribution in [0.5, 0.6) is 6.01 Å². The van der Waals surface area contributed by atoms with Crippen LogP contribution in [0.25, 0.3) is 0 Å². The van der Waals surface area contributed by atoms with E-state index in [-0.39, 0.29) is 0 Å². The van der Waals surface area contributed by atoms with Crippen molar-refractivity contribution in [2.24, 2.45) is 0 Å². The smallest absolute Gasteiger partial charge is 0.341 e. The second-order valence-corrected chi connectivity index (χ2v) is 3.22. The molecule has 5 nitrogen and oxygen atoms in total. The van der Waals surface area contributed by atoms with Crippen molar-refractivity contribution >= 4 is 5.97 Å². The van der Waals surface area contributed by atoms with Crippen LogP contribution >= 0.6 is 0 Å². The van der Waals surface area contributed by atoms with Crippen molar-refractivity contribution in [3.63, 3.8) is 0 Å². The predicted molar refractivity (Wildman–Crippen MR) is 58.5 cm³/mol. The number of ether oxygens (including phenoxy) is 2. The number of hydrogen-bond acceptors (Lipinski definition) is 5. The lowest BCUT2D eigenvalue weighted by Gasteiger charge is -2.06. The Bertz CT molecular complexity index is 366. The predicted octanol–water partition coefficient (Wildman–Crippen LogP) is 1.75. The molecule has 88 valence electrons. The summed E-state index contributed by atoms with van der Waals surface area (Å²) in [6.45, 7) is 6.39. The minimum atomic E-state index is -0.401. The number of aryl methyl sites for hydroxylation is 1. The zero-order valence-electron chi connectivity index (χ0n) is 9.82. The minimum Gasteiger partial charge on any atom is -0.463 e. The Labute approximate surface area is 94.8 Å². The number of carbonyl (C=O) groups is 1. The van der Waals surface area contributed by atoms with Gasteiger partial charge in [0.05, 0.1) is 24.5 Å². The fourth-order valence-corrected chi connectivity index (χ4v) is 1.12. The number of hydrogen-bond donors (Lipinski definition) is 0. The van der Waals surface area contributed by atoms with Crippen LogP contribution in [0.15, 0.2) is 6.20 Å². The Morgan fingerprint density at radius 2 is 2.19 bits per heavy atom. The van der Waals surface area contributed by atoms with Crippen molar-refractivity contribution in [3.05, 3.63) is 17.5 Å². The molecule has 0 bridgehead atoms. The summed E-state index contributed by atoms with van der Waals surface area (Å²) in [5.41, 5.74) is 0.949. The van der Waals surface area contributed by atoms with Crippen LogP contribution in [0.2, 0.25) is 0 Å². The van der Waals surface area contributed by atoms with Gasteiger partial charge in [-0.3, -0.25) is 0 Å². The van der Waals surface area contributed by atoms with Gasteiger partial charge in [0.2, 0.25) is 0 Å². The van der Waals surface area contributed by atoms with Gasteiger partial charge in [-0.2, -0.15) is 4.98 Å². The van der Waals surface area contributed by atoms with E-state index in [0.717, 1.165) is 6.42 Å². The Hall–Kier alpha value is -1.65. The molecule has 1 rings (SSSR count). The molecule has 0 saturated carbocycles. The number of rotatable bonds is 5. The third-order valence-corrected chi connectivity index (χ3v) is 1.89. The largest absolute Gasteiger partial charge is 0.463 e. The molecule has 0 N–H and O–H groups in total. The van der Waals surface area contributed by atoms with E-state index in [1.807, 2.05) is 6.92 Å². The first-order valence-corrected chi connectivity index (χ1v) is 5.32.